The Kier molecular flexibility index (Phi) is 4.73. The summed E-state index contributed by atoms with van der Waals surface area (Å²) < 4.78 is 0. The molecule has 2 rings (SSSR count). The molecule has 0 saturated carbocycles. The zero-order valence-electron chi connectivity index (χ0n) is 11.2. The van der Waals surface area contributed by atoms with E-state index in [1.165, 1.54) is 11.3 Å². The van der Waals surface area contributed by atoms with Crippen LogP contribution in [0.2, 0.25) is 5.02 Å². The van der Waals surface area contributed by atoms with Crippen molar-refractivity contribution in [3.63, 3.8) is 0 Å². The highest BCUT2D eigenvalue weighted by molar-refractivity contribution is 6.32. The van der Waals surface area contributed by atoms with Crippen LogP contribution in [0.15, 0.2) is 42.5 Å². The number of aryl methyl sites for hydroxylation is 1. The first-order valence-corrected chi connectivity index (χ1v) is 7.26. The Hall–Kier alpha value is -1.18. The molecule has 0 amide bonds. The standard InChI is InChI=1S/C16H17Cl2N/c1-3-19(16-7-5-4-6-12(16)2)14-9-8-13(11-17)15(18)10-14/h4-10H,3,11H2,1-2H3. The van der Waals surface area contributed by atoms with Gasteiger partial charge in [-0.15, -0.1) is 11.6 Å². The summed E-state index contributed by atoms with van der Waals surface area (Å²) in [5.74, 6) is 0.440. The molecule has 0 atom stereocenters. The first kappa shape index (κ1) is 14.2. The summed E-state index contributed by atoms with van der Waals surface area (Å²) in [6.45, 7) is 5.14. The summed E-state index contributed by atoms with van der Waals surface area (Å²) in [7, 11) is 0. The smallest absolute Gasteiger partial charge is 0.0488 e. The second-order valence-corrected chi connectivity index (χ2v) is 5.11. The van der Waals surface area contributed by atoms with E-state index in [2.05, 4.69) is 49.1 Å². The molecule has 0 saturated heterocycles. The fourth-order valence-corrected chi connectivity index (χ4v) is 2.71. The summed E-state index contributed by atoms with van der Waals surface area (Å²) in [6.07, 6.45) is 0. The minimum atomic E-state index is 0.440. The topological polar surface area (TPSA) is 3.24 Å². The molecule has 1 nitrogen and oxygen atoms in total. The molecule has 0 spiro atoms. The van der Waals surface area contributed by atoms with Gasteiger partial charge < -0.3 is 4.90 Å². The maximum Gasteiger partial charge on any atom is 0.0488 e. The third-order valence-corrected chi connectivity index (χ3v) is 3.85. The lowest BCUT2D eigenvalue weighted by Gasteiger charge is -2.25. The summed E-state index contributed by atoms with van der Waals surface area (Å²) in [4.78, 5) is 2.25. The minimum Gasteiger partial charge on any atom is -0.342 e. The molecule has 100 valence electrons. The lowest BCUT2D eigenvalue weighted by atomic mass is 10.1. The molecule has 3 heteroatoms. The second-order valence-electron chi connectivity index (χ2n) is 4.44. The van der Waals surface area contributed by atoms with Crippen LogP contribution >= 0.6 is 23.2 Å². The first-order chi connectivity index (χ1) is 9.17. The third kappa shape index (κ3) is 3.05. The van der Waals surface area contributed by atoms with E-state index in [-0.39, 0.29) is 0 Å². The van der Waals surface area contributed by atoms with Crippen molar-refractivity contribution >= 4 is 34.6 Å². The molecule has 19 heavy (non-hydrogen) atoms. The van der Waals surface area contributed by atoms with Crippen molar-refractivity contribution in [2.75, 3.05) is 11.4 Å². The fourth-order valence-electron chi connectivity index (χ4n) is 2.17. The summed E-state index contributed by atoms with van der Waals surface area (Å²) in [6, 6.07) is 14.4. The molecule has 0 bridgehead atoms. The monoisotopic (exact) mass is 293 g/mol. The Bertz CT molecular complexity index is 566. The molecule has 2 aromatic carbocycles. The molecule has 0 aliphatic carbocycles. The maximum atomic E-state index is 6.25. The Morgan fingerprint density at radius 2 is 1.84 bits per heavy atom. The van der Waals surface area contributed by atoms with Crippen LogP contribution in [-0.2, 0) is 5.88 Å². The van der Waals surface area contributed by atoms with E-state index in [1.54, 1.807) is 0 Å². The molecule has 0 heterocycles. The molecule has 0 N–H and O–H groups in total. The van der Waals surface area contributed by atoms with Crippen LogP contribution in [0.1, 0.15) is 18.1 Å². The minimum absolute atomic E-state index is 0.440. The number of rotatable bonds is 4. The highest BCUT2D eigenvalue weighted by Crippen LogP contribution is 2.31. The van der Waals surface area contributed by atoms with Crippen molar-refractivity contribution < 1.29 is 0 Å². The molecule has 0 aliphatic rings. The molecular formula is C16H17Cl2N. The van der Waals surface area contributed by atoms with E-state index < -0.39 is 0 Å². The van der Waals surface area contributed by atoms with E-state index in [0.29, 0.717) is 5.88 Å². The van der Waals surface area contributed by atoms with E-state index >= 15 is 0 Å². The second kappa shape index (κ2) is 6.31. The average molecular weight is 294 g/mol. The molecule has 0 fully saturated rings. The molecular weight excluding hydrogens is 277 g/mol. The van der Waals surface area contributed by atoms with Crippen LogP contribution in [0.25, 0.3) is 0 Å². The van der Waals surface area contributed by atoms with Gasteiger partial charge in [-0.25, -0.2) is 0 Å². The summed E-state index contributed by atoms with van der Waals surface area (Å²) in [5.41, 5.74) is 4.52. The molecule has 2 aromatic rings. The van der Waals surface area contributed by atoms with Crippen molar-refractivity contribution in [2.45, 2.75) is 19.7 Å². The molecule has 0 aliphatic heterocycles. The van der Waals surface area contributed by atoms with Gasteiger partial charge in [0.2, 0.25) is 0 Å². The highest BCUT2D eigenvalue weighted by Gasteiger charge is 2.11. The van der Waals surface area contributed by atoms with Crippen molar-refractivity contribution in [3.05, 3.63) is 58.6 Å². The molecule has 0 radical (unpaired) electrons. The number of alkyl halides is 1. The van der Waals surface area contributed by atoms with Gasteiger partial charge in [-0.2, -0.15) is 0 Å². The Balaban J connectivity index is 2.43. The fraction of sp³-hybridized carbons (Fsp3) is 0.250. The molecule has 0 unspecified atom stereocenters. The zero-order valence-corrected chi connectivity index (χ0v) is 12.7. The van der Waals surface area contributed by atoms with E-state index in [0.717, 1.165) is 22.8 Å². The van der Waals surface area contributed by atoms with Gasteiger partial charge in [-0.1, -0.05) is 35.9 Å². The van der Waals surface area contributed by atoms with Gasteiger partial charge in [0.05, 0.1) is 0 Å². The van der Waals surface area contributed by atoms with Gasteiger partial charge in [0.15, 0.2) is 0 Å². The SMILES string of the molecule is CCN(c1ccc(CCl)c(Cl)c1)c1ccccc1C. The first-order valence-electron chi connectivity index (χ1n) is 6.35. The van der Waals surface area contributed by atoms with Gasteiger partial charge >= 0.3 is 0 Å². The number of benzene rings is 2. The van der Waals surface area contributed by atoms with Gasteiger partial charge in [0.1, 0.15) is 0 Å². The predicted molar refractivity (Wildman–Crippen MR) is 84.9 cm³/mol. The Morgan fingerprint density at radius 1 is 1.11 bits per heavy atom. The lowest BCUT2D eigenvalue weighted by molar-refractivity contribution is 1.01. The highest BCUT2D eigenvalue weighted by atomic mass is 35.5. The maximum absolute atomic E-state index is 6.25. The number of hydrogen-bond acceptors (Lipinski definition) is 1. The van der Waals surface area contributed by atoms with Crippen LogP contribution < -0.4 is 4.90 Å². The zero-order chi connectivity index (χ0) is 13.8. The largest absolute Gasteiger partial charge is 0.342 e. The predicted octanol–water partition coefficient (Wildman–Crippen LogP) is 5.55. The van der Waals surface area contributed by atoms with E-state index in [1.807, 2.05) is 12.1 Å². The van der Waals surface area contributed by atoms with Crippen LogP contribution in [0.3, 0.4) is 0 Å². The molecule has 0 aromatic heterocycles. The van der Waals surface area contributed by atoms with E-state index in [9.17, 15) is 0 Å². The van der Waals surface area contributed by atoms with Gasteiger partial charge in [-0.05, 0) is 43.2 Å². The van der Waals surface area contributed by atoms with Gasteiger partial charge in [0, 0.05) is 28.8 Å². The summed E-state index contributed by atoms with van der Waals surface area (Å²) >= 11 is 12.1. The number of para-hydroxylation sites is 1. The van der Waals surface area contributed by atoms with Crippen LogP contribution in [0.5, 0.6) is 0 Å². The lowest BCUT2D eigenvalue weighted by Crippen LogP contribution is -2.17. The number of anilines is 2. The average Bonchev–Trinajstić information content (AvgIpc) is 2.42. The number of hydrogen-bond donors (Lipinski definition) is 0. The number of nitrogens with zero attached hydrogens (tertiary/aromatic N) is 1. The van der Waals surface area contributed by atoms with Crippen molar-refractivity contribution in [1.29, 1.82) is 0 Å². The van der Waals surface area contributed by atoms with E-state index in [4.69, 9.17) is 23.2 Å². The normalized spacial score (nSPS) is 10.5. The third-order valence-electron chi connectivity index (χ3n) is 3.21. The van der Waals surface area contributed by atoms with Gasteiger partial charge in [-0.3, -0.25) is 0 Å². The quantitative estimate of drug-likeness (QED) is 0.669. The van der Waals surface area contributed by atoms with Crippen molar-refractivity contribution in [1.82, 2.24) is 0 Å². The van der Waals surface area contributed by atoms with Crippen LogP contribution in [0, 0.1) is 6.92 Å². The van der Waals surface area contributed by atoms with Crippen LogP contribution in [0.4, 0.5) is 11.4 Å². The van der Waals surface area contributed by atoms with Crippen molar-refractivity contribution in [3.8, 4) is 0 Å². The van der Waals surface area contributed by atoms with Crippen molar-refractivity contribution in [2.24, 2.45) is 0 Å². The summed E-state index contributed by atoms with van der Waals surface area (Å²) in [5, 5.41) is 0.722. The van der Waals surface area contributed by atoms with Crippen LogP contribution in [-0.4, -0.2) is 6.54 Å². The number of halogens is 2. The Morgan fingerprint density at radius 3 is 2.42 bits per heavy atom. The Labute approximate surface area is 124 Å². The van der Waals surface area contributed by atoms with Gasteiger partial charge in [0.25, 0.3) is 0 Å².